The van der Waals surface area contributed by atoms with Gasteiger partial charge < -0.3 is 15.0 Å². The summed E-state index contributed by atoms with van der Waals surface area (Å²) in [5.74, 6) is -0.0730. The monoisotopic (exact) mass is 279 g/mol. The molecule has 1 N–H and O–H groups in total. The fraction of sp³-hybridized carbons (Fsp3) is 0.462. The van der Waals surface area contributed by atoms with Crippen molar-refractivity contribution >= 4 is 11.6 Å². The molecule has 1 aliphatic heterocycles. The van der Waals surface area contributed by atoms with Crippen molar-refractivity contribution in [1.82, 2.24) is 10.2 Å². The molecule has 1 aromatic carbocycles. The third-order valence-electron chi connectivity index (χ3n) is 3.14. The van der Waals surface area contributed by atoms with Crippen LogP contribution in [-0.4, -0.2) is 48.6 Å². The molecule has 0 bridgehead atoms. The topological polar surface area (TPSA) is 84.7 Å². The number of carbonyl (C=O) groups excluding carboxylic acids is 1. The van der Waals surface area contributed by atoms with Crippen LogP contribution >= 0.6 is 0 Å². The van der Waals surface area contributed by atoms with Gasteiger partial charge in [0.25, 0.3) is 5.69 Å². The number of nitrogens with one attached hydrogen (secondary N) is 1. The Balaban J connectivity index is 1.99. The minimum atomic E-state index is -0.443. The van der Waals surface area contributed by atoms with Crippen LogP contribution in [0.15, 0.2) is 24.3 Å². The summed E-state index contributed by atoms with van der Waals surface area (Å²) in [7, 11) is 1.68. The normalized spacial score (nSPS) is 18.6. The second-order valence-corrected chi connectivity index (χ2v) is 4.70. The minimum Gasteiger partial charge on any atom is -0.378 e. The number of carbonyl (C=O) groups is 1. The lowest BCUT2D eigenvalue weighted by molar-refractivity contribution is -0.384. The van der Waals surface area contributed by atoms with Crippen LogP contribution in [0.1, 0.15) is 5.56 Å². The number of nitro groups is 1. The van der Waals surface area contributed by atoms with E-state index >= 15 is 0 Å². The Bertz CT molecular complexity index is 500. The Morgan fingerprint density at radius 1 is 1.60 bits per heavy atom. The number of non-ortho nitro benzene ring substituents is 1. The fourth-order valence-electron chi connectivity index (χ4n) is 2.11. The first-order valence-electron chi connectivity index (χ1n) is 6.37. The Morgan fingerprint density at radius 2 is 2.40 bits per heavy atom. The van der Waals surface area contributed by atoms with E-state index in [0.29, 0.717) is 26.3 Å². The van der Waals surface area contributed by atoms with Crippen LogP contribution in [0.5, 0.6) is 0 Å². The second-order valence-electron chi connectivity index (χ2n) is 4.70. The van der Waals surface area contributed by atoms with Gasteiger partial charge >= 0.3 is 0 Å². The molecular formula is C13H17N3O4. The van der Waals surface area contributed by atoms with E-state index < -0.39 is 4.92 Å². The summed E-state index contributed by atoms with van der Waals surface area (Å²) in [6.07, 6.45) is 0. The number of amides is 1. The van der Waals surface area contributed by atoms with E-state index in [2.05, 4.69) is 5.32 Å². The standard InChI is InChI=1S/C13H17N3O4/c1-15(13(17)12-9-20-6-5-14-12)8-10-3-2-4-11(7-10)16(18)19/h2-4,7,12,14H,5-6,8-9H2,1H3. The number of hydrogen-bond donors (Lipinski definition) is 1. The molecule has 0 aliphatic carbocycles. The molecule has 1 heterocycles. The van der Waals surface area contributed by atoms with E-state index in [1.807, 2.05) is 0 Å². The second kappa shape index (κ2) is 6.44. The van der Waals surface area contributed by atoms with Crippen LogP contribution in [0.2, 0.25) is 0 Å². The van der Waals surface area contributed by atoms with Crippen LogP contribution in [0.3, 0.4) is 0 Å². The zero-order chi connectivity index (χ0) is 14.5. The SMILES string of the molecule is CN(Cc1cccc([N+](=O)[O-])c1)C(=O)C1COCCN1. The Labute approximate surface area is 116 Å². The molecule has 1 fully saturated rings. The lowest BCUT2D eigenvalue weighted by Crippen LogP contribution is -2.51. The van der Waals surface area contributed by atoms with E-state index in [4.69, 9.17) is 4.74 Å². The summed E-state index contributed by atoms with van der Waals surface area (Å²) in [6.45, 7) is 1.95. The van der Waals surface area contributed by atoms with Gasteiger partial charge in [0, 0.05) is 32.3 Å². The first-order valence-corrected chi connectivity index (χ1v) is 6.37. The van der Waals surface area contributed by atoms with Gasteiger partial charge in [0.2, 0.25) is 5.91 Å². The van der Waals surface area contributed by atoms with Gasteiger partial charge in [-0.25, -0.2) is 0 Å². The van der Waals surface area contributed by atoms with Crippen molar-refractivity contribution in [2.24, 2.45) is 0 Å². The predicted octanol–water partition coefficient (Wildman–Crippen LogP) is 0.542. The van der Waals surface area contributed by atoms with E-state index in [0.717, 1.165) is 5.56 Å². The predicted molar refractivity (Wildman–Crippen MR) is 72.2 cm³/mol. The van der Waals surface area contributed by atoms with Gasteiger partial charge in [-0.05, 0) is 5.56 Å². The molecule has 7 nitrogen and oxygen atoms in total. The zero-order valence-electron chi connectivity index (χ0n) is 11.2. The number of rotatable bonds is 4. The molecule has 1 amide bonds. The van der Waals surface area contributed by atoms with E-state index in [1.165, 1.54) is 12.1 Å². The van der Waals surface area contributed by atoms with Crippen molar-refractivity contribution < 1.29 is 14.5 Å². The van der Waals surface area contributed by atoms with Gasteiger partial charge in [-0.3, -0.25) is 14.9 Å². The number of likely N-dealkylation sites (N-methyl/N-ethyl adjacent to an activating group) is 1. The highest BCUT2D eigenvalue weighted by Gasteiger charge is 2.24. The van der Waals surface area contributed by atoms with Crippen LogP contribution in [0.4, 0.5) is 5.69 Å². The molecule has 2 rings (SSSR count). The first-order chi connectivity index (χ1) is 9.58. The Hall–Kier alpha value is -1.99. The summed E-state index contributed by atoms with van der Waals surface area (Å²) in [5.41, 5.74) is 0.759. The lowest BCUT2D eigenvalue weighted by atomic mass is 10.1. The molecule has 0 radical (unpaired) electrons. The van der Waals surface area contributed by atoms with Crippen LogP contribution in [0.25, 0.3) is 0 Å². The van der Waals surface area contributed by atoms with E-state index in [1.54, 1.807) is 24.1 Å². The molecule has 0 aromatic heterocycles. The largest absolute Gasteiger partial charge is 0.378 e. The minimum absolute atomic E-state index is 0.0301. The van der Waals surface area contributed by atoms with Crippen molar-refractivity contribution in [3.05, 3.63) is 39.9 Å². The van der Waals surface area contributed by atoms with Crippen LogP contribution in [-0.2, 0) is 16.1 Å². The number of morpholine rings is 1. The quantitative estimate of drug-likeness (QED) is 0.642. The summed E-state index contributed by atoms with van der Waals surface area (Å²) < 4.78 is 5.25. The zero-order valence-corrected chi connectivity index (χ0v) is 11.2. The third kappa shape index (κ3) is 3.52. The molecule has 108 valence electrons. The van der Waals surface area contributed by atoms with Crippen molar-refractivity contribution in [2.75, 3.05) is 26.8 Å². The highest BCUT2D eigenvalue weighted by Crippen LogP contribution is 2.14. The third-order valence-corrected chi connectivity index (χ3v) is 3.14. The summed E-state index contributed by atoms with van der Waals surface area (Å²) >= 11 is 0. The van der Waals surface area contributed by atoms with Crippen molar-refractivity contribution in [3.63, 3.8) is 0 Å². The molecule has 1 aromatic rings. The molecule has 20 heavy (non-hydrogen) atoms. The van der Waals surface area contributed by atoms with E-state index in [9.17, 15) is 14.9 Å². The van der Waals surface area contributed by atoms with Gasteiger partial charge in [-0.2, -0.15) is 0 Å². The van der Waals surface area contributed by atoms with Gasteiger partial charge in [-0.15, -0.1) is 0 Å². The highest BCUT2D eigenvalue weighted by molar-refractivity contribution is 5.81. The molecule has 1 aliphatic rings. The number of nitro benzene ring substituents is 1. The fourth-order valence-corrected chi connectivity index (χ4v) is 2.11. The van der Waals surface area contributed by atoms with Crippen LogP contribution in [0, 0.1) is 10.1 Å². The average molecular weight is 279 g/mol. The first kappa shape index (κ1) is 14.4. The Kier molecular flexibility index (Phi) is 4.65. The number of hydrogen-bond acceptors (Lipinski definition) is 5. The average Bonchev–Trinajstić information content (AvgIpc) is 2.47. The van der Waals surface area contributed by atoms with Gasteiger partial charge in [-0.1, -0.05) is 12.1 Å². The van der Waals surface area contributed by atoms with Crippen molar-refractivity contribution in [2.45, 2.75) is 12.6 Å². The number of ether oxygens (including phenoxy) is 1. The van der Waals surface area contributed by atoms with Gasteiger partial charge in [0.05, 0.1) is 18.1 Å². The summed E-state index contributed by atoms with van der Waals surface area (Å²) in [6, 6.07) is 5.96. The maximum Gasteiger partial charge on any atom is 0.269 e. The molecule has 0 saturated carbocycles. The van der Waals surface area contributed by atoms with Gasteiger partial charge in [0.15, 0.2) is 0 Å². The molecule has 1 atom stereocenters. The molecule has 7 heteroatoms. The maximum atomic E-state index is 12.2. The maximum absolute atomic E-state index is 12.2. The number of benzene rings is 1. The summed E-state index contributed by atoms with van der Waals surface area (Å²) in [5, 5.41) is 13.8. The molecule has 1 unspecified atom stereocenters. The van der Waals surface area contributed by atoms with Gasteiger partial charge in [0.1, 0.15) is 6.04 Å². The molecule has 1 saturated heterocycles. The van der Waals surface area contributed by atoms with Crippen LogP contribution < -0.4 is 5.32 Å². The lowest BCUT2D eigenvalue weighted by Gasteiger charge is -2.27. The van der Waals surface area contributed by atoms with Crippen molar-refractivity contribution in [3.8, 4) is 0 Å². The van der Waals surface area contributed by atoms with E-state index in [-0.39, 0.29) is 17.6 Å². The number of nitrogens with zero attached hydrogens (tertiary/aromatic N) is 2. The summed E-state index contributed by atoms with van der Waals surface area (Å²) in [4.78, 5) is 24.0. The smallest absolute Gasteiger partial charge is 0.269 e. The highest BCUT2D eigenvalue weighted by atomic mass is 16.6. The molecular weight excluding hydrogens is 262 g/mol. The Morgan fingerprint density at radius 3 is 3.05 bits per heavy atom. The molecule has 0 spiro atoms. The van der Waals surface area contributed by atoms with Crippen molar-refractivity contribution in [1.29, 1.82) is 0 Å².